The molecule has 1 unspecified atom stereocenters. The Labute approximate surface area is 171 Å². The first-order valence-corrected chi connectivity index (χ1v) is 9.89. The number of ether oxygens (including phenoxy) is 1. The molecule has 1 aliphatic carbocycles. The Balaban J connectivity index is 1.87. The summed E-state index contributed by atoms with van der Waals surface area (Å²) >= 11 is 0. The number of benzene rings is 2. The van der Waals surface area contributed by atoms with Crippen molar-refractivity contribution in [2.75, 3.05) is 11.9 Å². The highest BCUT2D eigenvalue weighted by Crippen LogP contribution is 2.32. The van der Waals surface area contributed by atoms with Crippen LogP contribution in [0.1, 0.15) is 59.9 Å². The number of allylic oxidation sites excluding steroid dienone is 1. The summed E-state index contributed by atoms with van der Waals surface area (Å²) in [6, 6.07) is 12.3. The van der Waals surface area contributed by atoms with Crippen LogP contribution in [0.15, 0.2) is 48.5 Å². The fraction of sp³-hybridized carbons (Fsp3) is 0.333. The zero-order chi connectivity index (χ0) is 21.0. The number of Topliss-reactive ketones (excluding diaryl/α,β-unsaturated/α-hetero) is 1. The van der Waals surface area contributed by atoms with Gasteiger partial charge in [0.05, 0.1) is 12.2 Å². The Morgan fingerprint density at radius 3 is 2.72 bits per heavy atom. The van der Waals surface area contributed by atoms with Crippen molar-refractivity contribution in [3.8, 4) is 5.75 Å². The van der Waals surface area contributed by atoms with Crippen LogP contribution in [0, 0.1) is 5.92 Å². The van der Waals surface area contributed by atoms with Gasteiger partial charge in [-0.05, 0) is 57.9 Å². The molecule has 2 N–H and O–H groups in total. The maximum Gasteiger partial charge on any atom is 0.255 e. The summed E-state index contributed by atoms with van der Waals surface area (Å²) in [5.41, 5.74) is 1.41. The molecule has 152 valence electrons. The zero-order valence-electron chi connectivity index (χ0n) is 17.1. The third-order valence-electron chi connectivity index (χ3n) is 4.85. The quantitative estimate of drug-likeness (QED) is 0.745. The number of fused-ring (bicyclic) bond motifs is 1. The Bertz CT molecular complexity index is 940. The summed E-state index contributed by atoms with van der Waals surface area (Å²) in [4.78, 5) is 25.8. The van der Waals surface area contributed by atoms with Gasteiger partial charge in [0.2, 0.25) is 0 Å². The highest BCUT2D eigenvalue weighted by atomic mass is 16.5. The predicted molar refractivity (Wildman–Crippen MR) is 114 cm³/mol. The van der Waals surface area contributed by atoms with Gasteiger partial charge in [-0.2, -0.15) is 0 Å². The largest absolute Gasteiger partial charge is 0.494 e. The van der Waals surface area contributed by atoms with Gasteiger partial charge in [-0.1, -0.05) is 30.4 Å². The number of carbonyl (C=O) groups excluding carboxylic acids is 2. The number of amides is 1. The van der Waals surface area contributed by atoms with Crippen molar-refractivity contribution in [2.45, 2.75) is 39.2 Å². The molecule has 0 aliphatic heterocycles. The molecule has 3 rings (SSSR count). The number of nitrogens with one attached hydrogen (secondary N) is 1. The molecule has 0 saturated heterocycles. The van der Waals surface area contributed by atoms with Crippen LogP contribution >= 0.6 is 0 Å². The average Bonchev–Trinajstić information content (AvgIpc) is 2.81. The second-order valence-electron chi connectivity index (χ2n) is 7.90. The number of ketones is 1. The van der Waals surface area contributed by atoms with Crippen molar-refractivity contribution < 1.29 is 19.4 Å². The molecule has 0 bridgehead atoms. The highest BCUT2D eigenvalue weighted by Gasteiger charge is 2.29. The molecule has 0 fully saturated rings. The second-order valence-corrected chi connectivity index (χ2v) is 7.90. The Kier molecular flexibility index (Phi) is 6.18. The third kappa shape index (κ3) is 5.12. The lowest BCUT2D eigenvalue weighted by Crippen LogP contribution is -2.27. The smallest absolute Gasteiger partial charge is 0.255 e. The first-order chi connectivity index (χ1) is 13.8. The first kappa shape index (κ1) is 20.8. The lowest BCUT2D eigenvalue weighted by atomic mass is 9.85. The zero-order valence-corrected chi connectivity index (χ0v) is 17.1. The number of rotatable bonds is 6. The van der Waals surface area contributed by atoms with Gasteiger partial charge < -0.3 is 15.2 Å². The topological polar surface area (TPSA) is 75.6 Å². The van der Waals surface area contributed by atoms with E-state index >= 15 is 0 Å². The fourth-order valence-electron chi connectivity index (χ4n) is 3.61. The van der Waals surface area contributed by atoms with Gasteiger partial charge >= 0.3 is 0 Å². The molecular formula is C24H27NO4. The third-order valence-corrected chi connectivity index (χ3v) is 4.85. The van der Waals surface area contributed by atoms with Crippen LogP contribution in [0.5, 0.6) is 5.75 Å². The first-order valence-electron chi connectivity index (χ1n) is 9.89. The van der Waals surface area contributed by atoms with Crippen molar-refractivity contribution in [3.05, 3.63) is 65.2 Å². The molecule has 1 aliphatic rings. The van der Waals surface area contributed by atoms with Gasteiger partial charge in [0.1, 0.15) is 5.75 Å². The summed E-state index contributed by atoms with van der Waals surface area (Å²) in [7, 11) is 0. The van der Waals surface area contributed by atoms with E-state index in [0.29, 0.717) is 47.6 Å². The number of aliphatic hydroxyl groups is 1. The van der Waals surface area contributed by atoms with Gasteiger partial charge in [-0.3, -0.25) is 9.59 Å². The summed E-state index contributed by atoms with van der Waals surface area (Å²) in [5, 5.41) is 13.1. The van der Waals surface area contributed by atoms with E-state index in [-0.39, 0.29) is 17.6 Å². The van der Waals surface area contributed by atoms with Crippen LogP contribution in [0.3, 0.4) is 0 Å². The maximum absolute atomic E-state index is 13.1. The number of anilines is 1. The van der Waals surface area contributed by atoms with Crippen LogP contribution in [0.4, 0.5) is 5.69 Å². The fourth-order valence-corrected chi connectivity index (χ4v) is 3.61. The lowest BCUT2D eigenvalue weighted by molar-refractivity contribution is 0.0477. The summed E-state index contributed by atoms with van der Waals surface area (Å²) in [6.07, 6.45) is 4.76. The SMILES string of the molecule is CCOc1cccc(C(=O)Nc2cccc3c2C=CCC(CC(C)(C)O)C3=O)c1. The Morgan fingerprint density at radius 1 is 1.24 bits per heavy atom. The lowest BCUT2D eigenvalue weighted by Gasteiger charge is -2.23. The van der Waals surface area contributed by atoms with Crippen LogP contribution < -0.4 is 10.1 Å². The van der Waals surface area contributed by atoms with E-state index in [9.17, 15) is 14.7 Å². The average molecular weight is 393 g/mol. The standard InChI is InChI=1S/C24H27NO4/c1-4-29-18-10-5-8-16(14-18)23(27)25-21-13-7-12-20-19(21)11-6-9-17(22(20)26)15-24(2,3)28/h5-8,10-14,17,28H,4,9,15H2,1-3H3,(H,25,27). The molecule has 0 radical (unpaired) electrons. The highest BCUT2D eigenvalue weighted by molar-refractivity contribution is 6.08. The normalized spacial score (nSPS) is 16.1. The van der Waals surface area contributed by atoms with E-state index in [2.05, 4.69) is 5.32 Å². The molecule has 2 aromatic rings. The molecule has 0 aromatic heterocycles. The van der Waals surface area contributed by atoms with Crippen LogP contribution in [0.2, 0.25) is 0 Å². The number of hydrogen-bond acceptors (Lipinski definition) is 4. The minimum absolute atomic E-state index is 0.0124. The second kappa shape index (κ2) is 8.62. The van der Waals surface area contributed by atoms with Gasteiger partial charge in [-0.25, -0.2) is 0 Å². The van der Waals surface area contributed by atoms with E-state index in [1.165, 1.54) is 0 Å². The molecule has 0 saturated carbocycles. The number of carbonyl (C=O) groups is 2. The maximum atomic E-state index is 13.1. The van der Waals surface area contributed by atoms with Gasteiger partial charge in [0, 0.05) is 28.3 Å². The molecule has 2 aromatic carbocycles. The van der Waals surface area contributed by atoms with Crippen LogP contribution in [-0.4, -0.2) is 29.0 Å². The van der Waals surface area contributed by atoms with Crippen LogP contribution in [-0.2, 0) is 0 Å². The Hall–Kier alpha value is -2.92. The predicted octanol–water partition coefficient (Wildman–Crippen LogP) is 4.71. The van der Waals surface area contributed by atoms with E-state index in [0.717, 1.165) is 0 Å². The molecule has 5 nitrogen and oxygen atoms in total. The Morgan fingerprint density at radius 2 is 2.00 bits per heavy atom. The van der Waals surface area contributed by atoms with Crippen LogP contribution in [0.25, 0.3) is 6.08 Å². The van der Waals surface area contributed by atoms with Gasteiger partial charge in [-0.15, -0.1) is 0 Å². The van der Waals surface area contributed by atoms with Gasteiger partial charge in [0.25, 0.3) is 5.91 Å². The molecule has 0 heterocycles. The summed E-state index contributed by atoms with van der Waals surface area (Å²) < 4.78 is 5.46. The molecule has 1 amide bonds. The van der Waals surface area contributed by atoms with Crippen molar-refractivity contribution in [1.82, 2.24) is 0 Å². The molecule has 0 spiro atoms. The minimum atomic E-state index is -0.921. The van der Waals surface area contributed by atoms with E-state index in [1.54, 1.807) is 56.3 Å². The molecule has 1 atom stereocenters. The molecular weight excluding hydrogens is 366 g/mol. The van der Waals surface area contributed by atoms with Gasteiger partial charge in [0.15, 0.2) is 5.78 Å². The van der Waals surface area contributed by atoms with E-state index in [1.807, 2.05) is 19.1 Å². The summed E-state index contributed by atoms with van der Waals surface area (Å²) in [5.74, 6) is 0.0672. The number of hydrogen-bond donors (Lipinski definition) is 2. The molecule has 5 heteroatoms. The summed E-state index contributed by atoms with van der Waals surface area (Å²) in [6.45, 7) is 5.84. The molecule has 29 heavy (non-hydrogen) atoms. The van der Waals surface area contributed by atoms with E-state index in [4.69, 9.17) is 4.74 Å². The minimum Gasteiger partial charge on any atom is -0.494 e. The van der Waals surface area contributed by atoms with Crippen molar-refractivity contribution in [1.29, 1.82) is 0 Å². The van der Waals surface area contributed by atoms with E-state index < -0.39 is 5.60 Å². The monoisotopic (exact) mass is 393 g/mol. The van der Waals surface area contributed by atoms with Crippen molar-refractivity contribution in [3.63, 3.8) is 0 Å². The van der Waals surface area contributed by atoms with Crippen molar-refractivity contribution in [2.24, 2.45) is 5.92 Å². The van der Waals surface area contributed by atoms with Crippen molar-refractivity contribution >= 4 is 23.5 Å².